The first kappa shape index (κ1) is 19.8. The van der Waals surface area contributed by atoms with Gasteiger partial charge in [0.25, 0.3) is 11.8 Å². The summed E-state index contributed by atoms with van der Waals surface area (Å²) in [5.41, 5.74) is 10.3. The van der Waals surface area contributed by atoms with E-state index < -0.39 is 0 Å². The van der Waals surface area contributed by atoms with Gasteiger partial charge in [-0.2, -0.15) is 0 Å². The fourth-order valence-corrected chi connectivity index (χ4v) is 3.94. The first-order chi connectivity index (χ1) is 14.3. The molecule has 1 aliphatic heterocycles. The maximum absolute atomic E-state index is 13.3. The van der Waals surface area contributed by atoms with Crippen molar-refractivity contribution in [3.63, 3.8) is 0 Å². The van der Waals surface area contributed by atoms with Crippen molar-refractivity contribution in [2.45, 2.75) is 19.9 Å². The Bertz CT molecular complexity index is 1170. The Labute approximate surface area is 174 Å². The summed E-state index contributed by atoms with van der Waals surface area (Å²) in [7, 11) is 4.95. The maximum Gasteiger partial charge on any atom is 0.270 e. The number of aromatic nitrogens is 2. The number of carbonyl (C=O) groups is 2. The van der Waals surface area contributed by atoms with E-state index in [0.717, 1.165) is 27.7 Å². The summed E-state index contributed by atoms with van der Waals surface area (Å²) in [4.78, 5) is 36.6. The summed E-state index contributed by atoms with van der Waals surface area (Å²) < 4.78 is 5.42. The highest BCUT2D eigenvalue weighted by atomic mass is 16.5. The fraction of sp³-hybridized carbons (Fsp3) is 0.318. The van der Waals surface area contributed by atoms with Crippen LogP contribution in [0.15, 0.2) is 24.3 Å². The van der Waals surface area contributed by atoms with Crippen molar-refractivity contribution in [2.75, 3.05) is 33.5 Å². The number of hydrogen-bond acceptors (Lipinski definition) is 5. The molecule has 0 radical (unpaired) electrons. The van der Waals surface area contributed by atoms with Crippen molar-refractivity contribution in [1.29, 1.82) is 0 Å². The van der Waals surface area contributed by atoms with Crippen LogP contribution < -0.4 is 10.5 Å². The molecule has 4 rings (SSSR count). The van der Waals surface area contributed by atoms with Gasteiger partial charge in [0.15, 0.2) is 0 Å². The van der Waals surface area contributed by atoms with Gasteiger partial charge < -0.3 is 25.3 Å². The van der Waals surface area contributed by atoms with Gasteiger partial charge in [0.2, 0.25) is 0 Å². The van der Waals surface area contributed by atoms with Crippen LogP contribution in [0.3, 0.4) is 0 Å². The second-order valence-electron chi connectivity index (χ2n) is 7.71. The summed E-state index contributed by atoms with van der Waals surface area (Å²) in [6.07, 6.45) is 0.588. The van der Waals surface area contributed by atoms with E-state index in [0.29, 0.717) is 36.5 Å². The van der Waals surface area contributed by atoms with Gasteiger partial charge in [0.05, 0.1) is 18.2 Å². The number of anilines is 1. The molecular weight excluding hydrogens is 382 g/mol. The van der Waals surface area contributed by atoms with Crippen LogP contribution in [-0.4, -0.2) is 59.3 Å². The van der Waals surface area contributed by atoms with Crippen LogP contribution >= 0.6 is 0 Å². The normalized spacial score (nSPS) is 13.3. The van der Waals surface area contributed by atoms with Crippen molar-refractivity contribution >= 4 is 28.5 Å². The monoisotopic (exact) mass is 407 g/mol. The van der Waals surface area contributed by atoms with Crippen molar-refractivity contribution in [2.24, 2.45) is 0 Å². The number of carbonyl (C=O) groups excluding carboxylic acids is 2. The predicted molar refractivity (Wildman–Crippen MR) is 115 cm³/mol. The Balaban J connectivity index is 1.67. The lowest BCUT2D eigenvalue weighted by atomic mass is 10.0. The number of para-hydroxylation sites is 1. The van der Waals surface area contributed by atoms with E-state index in [1.807, 2.05) is 25.1 Å². The zero-order valence-electron chi connectivity index (χ0n) is 17.6. The molecule has 0 unspecified atom stereocenters. The number of nitrogen functional groups attached to an aromatic ring is 1. The minimum atomic E-state index is -0.204. The molecule has 8 heteroatoms. The predicted octanol–water partition coefficient (Wildman–Crippen LogP) is 2.36. The number of hydrogen-bond donors (Lipinski definition) is 2. The van der Waals surface area contributed by atoms with Gasteiger partial charge in [0, 0.05) is 44.7 Å². The molecule has 30 heavy (non-hydrogen) atoms. The van der Waals surface area contributed by atoms with E-state index in [1.165, 1.54) is 4.90 Å². The molecule has 0 bridgehead atoms. The summed E-state index contributed by atoms with van der Waals surface area (Å²) in [5.74, 6) is 0.634. The fourth-order valence-electron chi connectivity index (χ4n) is 3.94. The smallest absolute Gasteiger partial charge is 0.270 e. The molecular formula is C22H25N5O3. The van der Waals surface area contributed by atoms with E-state index >= 15 is 0 Å². The average Bonchev–Trinajstić information content (AvgIpc) is 3.08. The number of aromatic amines is 1. The van der Waals surface area contributed by atoms with Crippen molar-refractivity contribution in [3.8, 4) is 5.75 Å². The number of methoxy groups -OCH3 is 1. The van der Waals surface area contributed by atoms with Gasteiger partial charge in [-0.3, -0.25) is 9.59 Å². The Morgan fingerprint density at radius 1 is 1.30 bits per heavy atom. The Kier molecular flexibility index (Phi) is 4.85. The van der Waals surface area contributed by atoms with Crippen molar-refractivity contribution < 1.29 is 14.3 Å². The molecule has 2 amide bonds. The molecule has 3 heterocycles. The van der Waals surface area contributed by atoms with Gasteiger partial charge in [-0.15, -0.1) is 0 Å². The molecule has 1 aliphatic rings. The van der Waals surface area contributed by atoms with Crippen LogP contribution in [0, 0.1) is 6.92 Å². The number of ether oxygens (including phenoxy) is 1. The van der Waals surface area contributed by atoms with Crippen molar-refractivity contribution in [3.05, 3.63) is 52.3 Å². The molecule has 3 N–H and O–H groups in total. The Hall–Kier alpha value is -3.55. The lowest BCUT2D eigenvalue weighted by Gasteiger charge is -2.29. The first-order valence-corrected chi connectivity index (χ1v) is 9.76. The molecule has 0 fully saturated rings. The SMILES string of the molecule is COc1cccc2c(C)c(C(=O)N3CCc4nc(N)c(C(=O)N(C)C)cc4C3)[nH]c12. The molecule has 8 nitrogen and oxygen atoms in total. The summed E-state index contributed by atoms with van der Waals surface area (Å²) in [6.45, 7) is 2.84. The van der Waals surface area contributed by atoms with Crippen LogP contribution in [0.1, 0.15) is 37.7 Å². The number of aryl methyl sites for hydroxylation is 1. The van der Waals surface area contributed by atoms with E-state index in [2.05, 4.69) is 9.97 Å². The quantitative estimate of drug-likeness (QED) is 0.694. The van der Waals surface area contributed by atoms with E-state index in [9.17, 15) is 9.59 Å². The summed E-state index contributed by atoms with van der Waals surface area (Å²) >= 11 is 0. The molecule has 0 saturated carbocycles. The van der Waals surface area contributed by atoms with Gasteiger partial charge in [-0.1, -0.05) is 12.1 Å². The number of pyridine rings is 1. The average molecular weight is 407 g/mol. The summed E-state index contributed by atoms with van der Waals surface area (Å²) in [5, 5.41) is 0.961. The molecule has 1 aromatic carbocycles. The van der Waals surface area contributed by atoms with E-state index in [-0.39, 0.29) is 17.6 Å². The second-order valence-corrected chi connectivity index (χ2v) is 7.71. The molecule has 0 spiro atoms. The number of nitrogens with one attached hydrogen (secondary N) is 1. The molecule has 0 aliphatic carbocycles. The molecule has 3 aromatic rings. The number of nitrogens with zero attached hydrogens (tertiary/aromatic N) is 3. The number of nitrogens with two attached hydrogens (primary N) is 1. The van der Waals surface area contributed by atoms with E-state index in [1.54, 1.807) is 32.2 Å². The zero-order valence-corrected chi connectivity index (χ0v) is 17.6. The number of benzene rings is 1. The van der Waals surface area contributed by atoms with Crippen molar-refractivity contribution in [1.82, 2.24) is 19.8 Å². The van der Waals surface area contributed by atoms with Gasteiger partial charge >= 0.3 is 0 Å². The maximum atomic E-state index is 13.3. The second kappa shape index (κ2) is 7.37. The van der Waals surface area contributed by atoms with E-state index in [4.69, 9.17) is 10.5 Å². The third-order valence-corrected chi connectivity index (χ3v) is 5.61. The molecule has 2 aromatic heterocycles. The topological polar surface area (TPSA) is 105 Å². The minimum Gasteiger partial charge on any atom is -0.495 e. The standard InChI is InChI=1S/C22H25N5O3/c1-12-14-6-5-7-17(30-4)19(14)25-18(12)22(29)27-9-8-16-13(11-27)10-15(20(23)24-16)21(28)26(2)3/h5-7,10,25H,8-9,11H2,1-4H3,(H2,23,24). The molecule has 0 atom stereocenters. The zero-order chi connectivity index (χ0) is 21.6. The van der Waals surface area contributed by atoms with Crippen LogP contribution in [-0.2, 0) is 13.0 Å². The van der Waals surface area contributed by atoms with Gasteiger partial charge in [0.1, 0.15) is 17.3 Å². The number of H-pyrrole nitrogens is 1. The molecule has 0 saturated heterocycles. The van der Waals surface area contributed by atoms with Crippen LogP contribution in [0.4, 0.5) is 5.82 Å². The Morgan fingerprint density at radius 3 is 2.77 bits per heavy atom. The molecule has 156 valence electrons. The lowest BCUT2D eigenvalue weighted by Crippen LogP contribution is -2.37. The minimum absolute atomic E-state index is 0.0892. The first-order valence-electron chi connectivity index (χ1n) is 9.76. The third-order valence-electron chi connectivity index (χ3n) is 5.61. The number of rotatable bonds is 3. The number of fused-ring (bicyclic) bond motifs is 2. The summed E-state index contributed by atoms with van der Waals surface area (Å²) in [6, 6.07) is 7.51. The van der Waals surface area contributed by atoms with Crippen LogP contribution in [0.25, 0.3) is 10.9 Å². The highest BCUT2D eigenvalue weighted by molar-refractivity contribution is 6.02. The van der Waals surface area contributed by atoms with Crippen LogP contribution in [0.2, 0.25) is 0 Å². The highest BCUT2D eigenvalue weighted by Crippen LogP contribution is 2.31. The largest absolute Gasteiger partial charge is 0.495 e. The van der Waals surface area contributed by atoms with Crippen LogP contribution in [0.5, 0.6) is 5.75 Å². The van der Waals surface area contributed by atoms with Gasteiger partial charge in [-0.05, 0) is 30.2 Å². The van der Waals surface area contributed by atoms with Gasteiger partial charge in [-0.25, -0.2) is 4.98 Å². The third kappa shape index (κ3) is 3.14. The number of amides is 2. The lowest BCUT2D eigenvalue weighted by molar-refractivity contribution is 0.0728. The highest BCUT2D eigenvalue weighted by Gasteiger charge is 2.27. The Morgan fingerprint density at radius 2 is 2.07 bits per heavy atom.